The number of likely N-dealkylation sites (N-methyl/N-ethyl adjacent to an activating group) is 1. The molecule has 1 aliphatic carbocycles. The van der Waals surface area contributed by atoms with Crippen LogP contribution in [-0.4, -0.2) is 104 Å². The van der Waals surface area contributed by atoms with Gasteiger partial charge in [-0.1, -0.05) is 18.2 Å². The number of nitrogens with one attached hydrogen (secondary N) is 3. The Kier molecular flexibility index (Phi) is 9.87. The molecule has 0 radical (unpaired) electrons. The van der Waals surface area contributed by atoms with E-state index in [1.165, 1.54) is 0 Å². The maximum absolute atomic E-state index is 14.5. The van der Waals surface area contributed by atoms with Crippen LogP contribution < -0.4 is 20.7 Å². The Hall–Kier alpha value is -2.83. The van der Waals surface area contributed by atoms with Gasteiger partial charge in [0.05, 0.1) is 24.8 Å². The molecule has 2 saturated heterocycles. The number of alkyl halides is 2. The van der Waals surface area contributed by atoms with E-state index in [-0.39, 0.29) is 61.6 Å². The smallest absolute Gasteiger partial charge is 0.248 e. The fourth-order valence-corrected chi connectivity index (χ4v) is 6.98. The zero-order chi connectivity index (χ0) is 30.7. The third kappa shape index (κ3) is 7.12. The van der Waals surface area contributed by atoms with Gasteiger partial charge in [0.2, 0.25) is 23.6 Å². The first-order valence-electron chi connectivity index (χ1n) is 15.6. The Bertz CT molecular complexity index is 1160. The average molecular weight is 606 g/mol. The lowest BCUT2D eigenvalue weighted by Crippen LogP contribution is -2.66. The number of rotatable bonds is 9. The summed E-state index contributed by atoms with van der Waals surface area (Å²) in [5, 5.41) is 8.94. The van der Waals surface area contributed by atoms with Crippen molar-refractivity contribution in [3.05, 3.63) is 29.8 Å². The molecule has 0 aromatic heterocycles. The van der Waals surface area contributed by atoms with Crippen LogP contribution in [0.4, 0.5) is 8.78 Å². The summed E-state index contributed by atoms with van der Waals surface area (Å²) in [4.78, 5) is 45.3. The molecule has 4 aliphatic rings. The Balaban J connectivity index is 1.41. The maximum atomic E-state index is 14.5. The molecule has 5 rings (SSSR count). The van der Waals surface area contributed by atoms with Crippen LogP contribution in [0.2, 0.25) is 0 Å². The van der Waals surface area contributed by atoms with Gasteiger partial charge in [-0.2, -0.15) is 0 Å². The standard InChI is InChI=1S/C31H45F2N5O5/c1-4-42-22-15-21-16-38(30(41)27(36-28(39)19(2)34-3)20-9-12-31(32,33)13-10-20)25(18-37(21)17-22)29(40)35-24-11-14-43-26-8-6-5-7-23(24)26/h5-8,19-22,24-25,27,34H,4,9-18H2,1-3H3,(H,35,40)(H,36,39)/t19-,21-,22-,24-,25+,27+/m1/s1. The Labute approximate surface area is 252 Å². The third-order valence-corrected chi connectivity index (χ3v) is 9.57. The number of carbonyl (C=O) groups is 3. The Morgan fingerprint density at radius 1 is 1.12 bits per heavy atom. The summed E-state index contributed by atoms with van der Waals surface area (Å²) >= 11 is 0. The number of para-hydroxylation sites is 1. The lowest BCUT2D eigenvalue weighted by Gasteiger charge is -2.45. The van der Waals surface area contributed by atoms with E-state index in [0.29, 0.717) is 39.3 Å². The first-order valence-corrected chi connectivity index (χ1v) is 15.6. The van der Waals surface area contributed by atoms with E-state index in [1.807, 2.05) is 31.2 Å². The van der Waals surface area contributed by atoms with Gasteiger partial charge in [0.15, 0.2) is 0 Å². The van der Waals surface area contributed by atoms with Crippen LogP contribution in [0.25, 0.3) is 0 Å². The van der Waals surface area contributed by atoms with Gasteiger partial charge in [0.1, 0.15) is 17.8 Å². The summed E-state index contributed by atoms with van der Waals surface area (Å²) in [6.07, 6.45) is 0.883. The largest absolute Gasteiger partial charge is 0.493 e. The van der Waals surface area contributed by atoms with E-state index >= 15 is 0 Å². The molecule has 0 bridgehead atoms. The highest BCUT2D eigenvalue weighted by Crippen LogP contribution is 2.39. The number of carbonyl (C=O) groups excluding carboxylic acids is 3. The zero-order valence-corrected chi connectivity index (χ0v) is 25.3. The first kappa shape index (κ1) is 31.6. The highest BCUT2D eigenvalue weighted by atomic mass is 19.3. The Morgan fingerprint density at radius 2 is 1.86 bits per heavy atom. The lowest BCUT2D eigenvalue weighted by molar-refractivity contribution is -0.150. The number of benzene rings is 1. The number of ether oxygens (including phenoxy) is 2. The normalized spacial score (nSPS) is 28.6. The molecule has 3 heterocycles. The molecule has 43 heavy (non-hydrogen) atoms. The van der Waals surface area contributed by atoms with Crippen LogP contribution in [0.15, 0.2) is 24.3 Å². The molecule has 3 N–H and O–H groups in total. The van der Waals surface area contributed by atoms with Gasteiger partial charge in [-0.25, -0.2) is 8.78 Å². The summed E-state index contributed by atoms with van der Waals surface area (Å²) < 4.78 is 39.9. The van der Waals surface area contributed by atoms with E-state index in [0.717, 1.165) is 17.7 Å². The van der Waals surface area contributed by atoms with Gasteiger partial charge in [0, 0.05) is 57.1 Å². The molecule has 1 aromatic carbocycles. The number of piperazine rings is 1. The van der Waals surface area contributed by atoms with Crippen molar-refractivity contribution in [2.45, 2.75) is 94.6 Å². The van der Waals surface area contributed by atoms with Crippen molar-refractivity contribution in [3.8, 4) is 5.75 Å². The second kappa shape index (κ2) is 13.4. The Morgan fingerprint density at radius 3 is 2.58 bits per heavy atom. The molecule has 0 spiro atoms. The summed E-state index contributed by atoms with van der Waals surface area (Å²) in [5.41, 5.74) is 0.889. The van der Waals surface area contributed by atoms with Gasteiger partial charge < -0.3 is 30.3 Å². The molecule has 1 aromatic rings. The van der Waals surface area contributed by atoms with Crippen molar-refractivity contribution < 1.29 is 32.6 Å². The van der Waals surface area contributed by atoms with Gasteiger partial charge in [-0.15, -0.1) is 0 Å². The molecule has 3 aliphatic heterocycles. The highest BCUT2D eigenvalue weighted by Gasteiger charge is 2.48. The molecule has 1 saturated carbocycles. The van der Waals surface area contributed by atoms with Crippen molar-refractivity contribution >= 4 is 17.7 Å². The molecular weight excluding hydrogens is 560 g/mol. The number of halogens is 2. The van der Waals surface area contributed by atoms with Gasteiger partial charge in [-0.05, 0) is 52.1 Å². The minimum absolute atomic E-state index is 0.00312. The zero-order valence-electron chi connectivity index (χ0n) is 25.3. The van der Waals surface area contributed by atoms with E-state index in [1.54, 1.807) is 18.9 Å². The number of amides is 3. The van der Waals surface area contributed by atoms with Gasteiger partial charge >= 0.3 is 0 Å². The second-order valence-corrected chi connectivity index (χ2v) is 12.4. The average Bonchev–Trinajstić information content (AvgIpc) is 3.40. The van der Waals surface area contributed by atoms with Crippen LogP contribution in [0.1, 0.15) is 64.0 Å². The molecule has 10 nitrogen and oxygen atoms in total. The number of hydrogen-bond donors (Lipinski definition) is 3. The van der Waals surface area contributed by atoms with Crippen molar-refractivity contribution in [2.24, 2.45) is 5.92 Å². The monoisotopic (exact) mass is 605 g/mol. The SMILES string of the molecule is CCO[C@@H]1C[C@@H]2CN(C(=O)[C@@H](NC(=O)[C@@H](C)NC)C3CCC(F)(F)CC3)[C@H](C(=O)N[C@@H]3CCOc4ccccc43)CN2C1. The molecule has 3 amide bonds. The first-order chi connectivity index (χ1) is 20.6. The molecule has 12 heteroatoms. The fraction of sp³-hybridized carbons (Fsp3) is 0.710. The minimum atomic E-state index is -2.78. The van der Waals surface area contributed by atoms with Crippen molar-refractivity contribution in [1.29, 1.82) is 0 Å². The van der Waals surface area contributed by atoms with E-state index in [9.17, 15) is 23.2 Å². The highest BCUT2D eigenvalue weighted by molar-refractivity contribution is 5.93. The van der Waals surface area contributed by atoms with Crippen molar-refractivity contribution in [1.82, 2.24) is 25.8 Å². The van der Waals surface area contributed by atoms with Crippen molar-refractivity contribution in [3.63, 3.8) is 0 Å². The molecule has 3 fully saturated rings. The number of fused-ring (bicyclic) bond motifs is 2. The van der Waals surface area contributed by atoms with Crippen molar-refractivity contribution in [2.75, 3.05) is 39.9 Å². The van der Waals surface area contributed by atoms with Crippen LogP contribution >= 0.6 is 0 Å². The maximum Gasteiger partial charge on any atom is 0.248 e. The van der Waals surface area contributed by atoms with Crippen LogP contribution in [0.3, 0.4) is 0 Å². The topological polar surface area (TPSA) is 112 Å². The molecule has 0 unspecified atom stereocenters. The third-order valence-electron chi connectivity index (χ3n) is 9.57. The predicted octanol–water partition coefficient (Wildman–Crippen LogP) is 2.23. The van der Waals surface area contributed by atoms with Crippen LogP contribution in [0.5, 0.6) is 5.75 Å². The number of nitrogens with zero attached hydrogens (tertiary/aromatic N) is 2. The predicted molar refractivity (Wildman–Crippen MR) is 156 cm³/mol. The lowest BCUT2D eigenvalue weighted by atomic mass is 9.81. The summed E-state index contributed by atoms with van der Waals surface area (Å²) in [7, 11) is 1.64. The van der Waals surface area contributed by atoms with Gasteiger partial charge in [0.25, 0.3) is 0 Å². The second-order valence-electron chi connectivity index (χ2n) is 12.4. The molecule has 238 valence electrons. The summed E-state index contributed by atoms with van der Waals surface area (Å²) in [5.74, 6) is -3.56. The summed E-state index contributed by atoms with van der Waals surface area (Å²) in [6.45, 7) is 5.95. The van der Waals surface area contributed by atoms with E-state index in [4.69, 9.17) is 9.47 Å². The fourth-order valence-electron chi connectivity index (χ4n) is 6.98. The van der Waals surface area contributed by atoms with E-state index in [2.05, 4.69) is 20.9 Å². The number of hydrogen-bond acceptors (Lipinski definition) is 7. The quantitative estimate of drug-likeness (QED) is 0.396. The molecular formula is C31H45F2N5O5. The van der Waals surface area contributed by atoms with Gasteiger partial charge in [-0.3, -0.25) is 19.3 Å². The van der Waals surface area contributed by atoms with E-state index < -0.39 is 30.0 Å². The van der Waals surface area contributed by atoms with Crippen LogP contribution in [0, 0.1) is 5.92 Å². The summed E-state index contributed by atoms with van der Waals surface area (Å²) in [6, 6.07) is 4.92. The minimum Gasteiger partial charge on any atom is -0.493 e. The van der Waals surface area contributed by atoms with Crippen LogP contribution in [-0.2, 0) is 19.1 Å². The molecule has 6 atom stereocenters.